The fourth-order valence-electron chi connectivity index (χ4n) is 1.63. The van der Waals surface area contributed by atoms with E-state index in [0.717, 1.165) is 24.0 Å². The lowest BCUT2D eigenvalue weighted by Gasteiger charge is -2.16. The highest BCUT2D eigenvalue weighted by Gasteiger charge is 2.06. The van der Waals surface area contributed by atoms with Gasteiger partial charge in [-0.15, -0.1) is 0 Å². The Morgan fingerprint density at radius 3 is 3.07 bits per heavy atom. The number of hydrogen-bond donors (Lipinski definition) is 1. The highest BCUT2D eigenvalue weighted by molar-refractivity contribution is 5.78. The molecule has 2 aromatic rings. The molecule has 0 bridgehead atoms. The maximum Gasteiger partial charge on any atom is 0.105 e. The number of para-hydroxylation sites is 1. The summed E-state index contributed by atoms with van der Waals surface area (Å²) in [6.07, 6.45) is 3.63. The van der Waals surface area contributed by atoms with Gasteiger partial charge >= 0.3 is 0 Å². The van der Waals surface area contributed by atoms with E-state index in [2.05, 4.69) is 15.6 Å². The zero-order valence-corrected chi connectivity index (χ0v) is 8.17. The third kappa shape index (κ3) is 1.41. The molecule has 0 saturated carbocycles. The van der Waals surface area contributed by atoms with Gasteiger partial charge in [-0.2, -0.15) is 9.89 Å². The quantitative estimate of drug-likeness (QED) is 0.783. The van der Waals surface area contributed by atoms with Crippen molar-refractivity contribution in [3.63, 3.8) is 0 Å². The molecule has 0 fully saturated rings. The molecule has 0 spiro atoms. The molecule has 1 aromatic carbocycles. The lowest BCUT2D eigenvalue weighted by atomic mass is 10.3. The number of aliphatic imine (C=N–C) groups is 1. The number of fused-ring (bicyclic) bond motifs is 1. The fourth-order valence-corrected chi connectivity index (χ4v) is 1.63. The molecule has 3 rings (SSSR count). The van der Waals surface area contributed by atoms with Crippen LogP contribution in [0.4, 0.5) is 0 Å². The number of nitrogens with zero attached hydrogens (tertiary/aromatic N) is 4. The van der Waals surface area contributed by atoms with E-state index in [1.165, 1.54) is 0 Å². The van der Waals surface area contributed by atoms with Crippen LogP contribution in [0.3, 0.4) is 0 Å². The van der Waals surface area contributed by atoms with Crippen molar-refractivity contribution in [1.82, 2.24) is 14.9 Å². The molecule has 0 radical (unpaired) electrons. The second kappa shape index (κ2) is 3.27. The van der Waals surface area contributed by atoms with Crippen molar-refractivity contribution in [3.05, 3.63) is 30.5 Å². The standard InChI is InChI=1S/C10H11N5/c1-2-4-10-9(3-1)7-12-15(10)13-14-6-5-11-8-14/h1-4,7-8,13H,5-6H2. The maximum absolute atomic E-state index is 4.26. The number of benzene rings is 1. The van der Waals surface area contributed by atoms with Crippen molar-refractivity contribution >= 4 is 17.2 Å². The topological polar surface area (TPSA) is 45.5 Å². The summed E-state index contributed by atoms with van der Waals surface area (Å²) in [7, 11) is 0. The number of aromatic nitrogens is 2. The first-order valence-corrected chi connectivity index (χ1v) is 4.89. The minimum Gasteiger partial charge on any atom is -0.272 e. The second-order valence-corrected chi connectivity index (χ2v) is 3.43. The number of nitrogens with one attached hydrogen (secondary N) is 1. The molecule has 0 amide bonds. The van der Waals surface area contributed by atoms with Gasteiger partial charge in [-0.25, -0.2) is 5.53 Å². The predicted octanol–water partition coefficient (Wildman–Crippen LogP) is 0.839. The molecule has 0 atom stereocenters. The zero-order chi connectivity index (χ0) is 10.1. The molecule has 5 heteroatoms. The maximum atomic E-state index is 4.26. The van der Waals surface area contributed by atoms with E-state index >= 15 is 0 Å². The van der Waals surface area contributed by atoms with Gasteiger partial charge in [0, 0.05) is 5.39 Å². The second-order valence-electron chi connectivity index (χ2n) is 3.43. The van der Waals surface area contributed by atoms with Gasteiger partial charge in [-0.3, -0.25) is 10.0 Å². The van der Waals surface area contributed by atoms with Crippen LogP contribution in [0, 0.1) is 0 Å². The monoisotopic (exact) mass is 201 g/mol. The van der Waals surface area contributed by atoms with Gasteiger partial charge in [0.2, 0.25) is 0 Å². The van der Waals surface area contributed by atoms with E-state index in [1.54, 1.807) is 11.1 Å². The summed E-state index contributed by atoms with van der Waals surface area (Å²) in [6, 6.07) is 8.08. The highest BCUT2D eigenvalue weighted by atomic mass is 15.8. The fraction of sp³-hybridized carbons (Fsp3) is 0.200. The third-order valence-corrected chi connectivity index (χ3v) is 2.39. The van der Waals surface area contributed by atoms with Gasteiger partial charge in [-0.05, 0) is 6.07 Å². The van der Waals surface area contributed by atoms with Gasteiger partial charge in [0.1, 0.15) is 6.34 Å². The van der Waals surface area contributed by atoms with Gasteiger partial charge in [0.25, 0.3) is 0 Å². The Hall–Kier alpha value is -2.04. The number of hydrogen-bond acceptors (Lipinski definition) is 4. The smallest absolute Gasteiger partial charge is 0.105 e. The Labute approximate surface area is 87.0 Å². The molecule has 76 valence electrons. The van der Waals surface area contributed by atoms with Crippen molar-refractivity contribution in [1.29, 1.82) is 0 Å². The van der Waals surface area contributed by atoms with Crippen LogP contribution >= 0.6 is 0 Å². The van der Waals surface area contributed by atoms with Crippen molar-refractivity contribution in [2.75, 3.05) is 18.6 Å². The zero-order valence-electron chi connectivity index (χ0n) is 8.17. The summed E-state index contributed by atoms with van der Waals surface area (Å²) < 4.78 is 0. The number of rotatable bonds is 2. The van der Waals surface area contributed by atoms with Crippen LogP contribution in [0.15, 0.2) is 35.5 Å². The Balaban J connectivity index is 1.93. The molecule has 0 aliphatic carbocycles. The molecule has 1 aliphatic heterocycles. The molecule has 2 heterocycles. The SMILES string of the molecule is C1=NCCN1Nn1ncc2ccccc21. The summed E-state index contributed by atoms with van der Waals surface area (Å²) in [5.41, 5.74) is 4.22. The van der Waals surface area contributed by atoms with E-state index in [1.807, 2.05) is 35.5 Å². The minimum absolute atomic E-state index is 0.839. The van der Waals surface area contributed by atoms with Gasteiger partial charge in [0.15, 0.2) is 0 Å². The van der Waals surface area contributed by atoms with E-state index in [9.17, 15) is 0 Å². The molecule has 15 heavy (non-hydrogen) atoms. The molecule has 1 N–H and O–H groups in total. The van der Waals surface area contributed by atoms with E-state index in [4.69, 9.17) is 0 Å². The van der Waals surface area contributed by atoms with Crippen LogP contribution in [0.1, 0.15) is 0 Å². The Morgan fingerprint density at radius 1 is 1.27 bits per heavy atom. The largest absolute Gasteiger partial charge is 0.272 e. The minimum atomic E-state index is 0.839. The molecular weight excluding hydrogens is 190 g/mol. The summed E-state index contributed by atoms with van der Waals surface area (Å²) in [6.45, 7) is 1.72. The predicted molar refractivity (Wildman–Crippen MR) is 59.2 cm³/mol. The van der Waals surface area contributed by atoms with E-state index in [0.29, 0.717) is 0 Å². The number of hydrazine groups is 1. The molecule has 1 aromatic heterocycles. The van der Waals surface area contributed by atoms with Crippen LogP contribution in [-0.4, -0.2) is 34.3 Å². The van der Waals surface area contributed by atoms with Gasteiger partial charge < -0.3 is 0 Å². The van der Waals surface area contributed by atoms with Crippen molar-refractivity contribution in [3.8, 4) is 0 Å². The molecule has 0 saturated heterocycles. The normalized spacial score (nSPS) is 15.1. The Morgan fingerprint density at radius 2 is 2.20 bits per heavy atom. The lowest BCUT2D eigenvalue weighted by molar-refractivity contribution is 0.464. The molecular formula is C10H11N5. The van der Waals surface area contributed by atoms with Crippen molar-refractivity contribution in [2.45, 2.75) is 0 Å². The first-order valence-electron chi connectivity index (χ1n) is 4.89. The lowest BCUT2D eigenvalue weighted by Crippen LogP contribution is -2.34. The summed E-state index contributed by atoms with van der Waals surface area (Å²) >= 11 is 0. The molecule has 1 aliphatic rings. The van der Waals surface area contributed by atoms with Crippen LogP contribution in [-0.2, 0) is 0 Å². The van der Waals surface area contributed by atoms with Crippen LogP contribution in [0.25, 0.3) is 10.9 Å². The van der Waals surface area contributed by atoms with E-state index in [-0.39, 0.29) is 0 Å². The highest BCUT2D eigenvalue weighted by Crippen LogP contribution is 2.11. The third-order valence-electron chi connectivity index (χ3n) is 2.39. The average molecular weight is 201 g/mol. The summed E-state index contributed by atoms with van der Waals surface area (Å²) in [5, 5.41) is 7.30. The Bertz CT molecular complexity index is 501. The van der Waals surface area contributed by atoms with Gasteiger partial charge in [-0.1, -0.05) is 18.2 Å². The van der Waals surface area contributed by atoms with Gasteiger partial charge in [0.05, 0.1) is 24.8 Å². The van der Waals surface area contributed by atoms with Crippen molar-refractivity contribution < 1.29 is 0 Å². The molecule has 5 nitrogen and oxygen atoms in total. The van der Waals surface area contributed by atoms with Crippen LogP contribution in [0.2, 0.25) is 0 Å². The molecule has 0 unspecified atom stereocenters. The van der Waals surface area contributed by atoms with Crippen LogP contribution in [0.5, 0.6) is 0 Å². The van der Waals surface area contributed by atoms with Crippen LogP contribution < -0.4 is 5.53 Å². The average Bonchev–Trinajstić information content (AvgIpc) is 2.89. The van der Waals surface area contributed by atoms with Crippen molar-refractivity contribution in [2.24, 2.45) is 4.99 Å². The summed E-state index contributed by atoms with van der Waals surface area (Å²) in [4.78, 5) is 5.88. The summed E-state index contributed by atoms with van der Waals surface area (Å²) in [5.74, 6) is 0. The Kier molecular flexibility index (Phi) is 1.81. The van der Waals surface area contributed by atoms with E-state index < -0.39 is 0 Å². The first-order chi connectivity index (χ1) is 7.43. The first kappa shape index (κ1) is 8.28.